The average Bonchev–Trinajstić information content (AvgIpc) is 3.08. The van der Waals surface area contributed by atoms with Gasteiger partial charge in [0.15, 0.2) is 0 Å². The van der Waals surface area contributed by atoms with Crippen LogP contribution in [0.25, 0.3) is 0 Å². The fraction of sp³-hybridized carbons (Fsp3) is 0.562. The van der Waals surface area contributed by atoms with Crippen molar-refractivity contribution in [3.63, 3.8) is 0 Å². The Balaban J connectivity index is 1.83. The van der Waals surface area contributed by atoms with E-state index in [2.05, 4.69) is 15.9 Å². The van der Waals surface area contributed by atoms with Gasteiger partial charge < -0.3 is 9.80 Å². The number of aromatic nitrogens is 2. The summed E-state index contributed by atoms with van der Waals surface area (Å²) in [6, 6.07) is 1.35. The van der Waals surface area contributed by atoms with Gasteiger partial charge in [-0.1, -0.05) is 5.92 Å². The van der Waals surface area contributed by atoms with E-state index in [4.69, 9.17) is 6.42 Å². The zero-order valence-electron chi connectivity index (χ0n) is 13.7. The van der Waals surface area contributed by atoms with Crippen molar-refractivity contribution < 1.29 is 9.59 Å². The summed E-state index contributed by atoms with van der Waals surface area (Å²) in [5, 5.41) is 4.07. The van der Waals surface area contributed by atoms with Crippen molar-refractivity contribution >= 4 is 11.8 Å². The minimum Gasteiger partial charge on any atom is -0.339 e. The van der Waals surface area contributed by atoms with Crippen LogP contribution < -0.4 is 0 Å². The highest BCUT2D eigenvalue weighted by Gasteiger charge is 2.25. The summed E-state index contributed by atoms with van der Waals surface area (Å²) in [6.07, 6.45) is 8.67. The first kappa shape index (κ1) is 17.0. The normalized spacial score (nSPS) is 16.7. The minimum absolute atomic E-state index is 0.0335. The smallest absolute Gasteiger partial charge is 0.247 e. The lowest BCUT2D eigenvalue weighted by Gasteiger charge is -2.34. The first-order valence-electron chi connectivity index (χ1n) is 7.70. The van der Waals surface area contributed by atoms with E-state index in [1.54, 1.807) is 42.0 Å². The molecule has 1 fully saturated rings. The molecule has 0 aliphatic carbocycles. The summed E-state index contributed by atoms with van der Waals surface area (Å²) in [6.45, 7) is 5.32. The molecule has 2 amide bonds. The number of piperazine rings is 1. The molecular weight excluding hydrogens is 294 g/mol. The Kier molecular flexibility index (Phi) is 5.77. The molecule has 0 saturated carbocycles. The molecule has 124 valence electrons. The summed E-state index contributed by atoms with van der Waals surface area (Å²) in [4.78, 5) is 30.1. The third kappa shape index (κ3) is 4.33. The zero-order valence-corrected chi connectivity index (χ0v) is 13.7. The van der Waals surface area contributed by atoms with Crippen molar-refractivity contribution in [2.24, 2.45) is 0 Å². The van der Waals surface area contributed by atoms with E-state index in [0.717, 1.165) is 13.1 Å². The molecule has 1 unspecified atom stereocenters. The van der Waals surface area contributed by atoms with Gasteiger partial charge >= 0.3 is 0 Å². The summed E-state index contributed by atoms with van der Waals surface area (Å²) < 4.78 is 1.59. The highest BCUT2D eigenvalue weighted by Crippen LogP contribution is 2.08. The van der Waals surface area contributed by atoms with Crippen LogP contribution in [-0.4, -0.2) is 82.6 Å². The van der Waals surface area contributed by atoms with Gasteiger partial charge in [-0.3, -0.25) is 19.2 Å². The van der Waals surface area contributed by atoms with Crippen LogP contribution in [0.1, 0.15) is 13.0 Å². The minimum atomic E-state index is -0.421. The third-order valence-electron chi connectivity index (χ3n) is 4.07. The van der Waals surface area contributed by atoms with Crippen molar-refractivity contribution in [3.8, 4) is 12.3 Å². The Bertz CT molecular complexity index is 570. The standard InChI is InChI=1S/C16H23N5O2/c1-4-7-19-9-11-20(12-10-19)15(22)13-18(3)16(23)14(2)21-8-5-6-17-21/h1,5-6,8,14H,7,9-13H2,2-3H3. The molecule has 2 rings (SSSR count). The van der Waals surface area contributed by atoms with Gasteiger partial charge in [0.25, 0.3) is 0 Å². The van der Waals surface area contributed by atoms with Crippen molar-refractivity contribution in [1.82, 2.24) is 24.5 Å². The maximum atomic E-state index is 12.4. The predicted octanol–water partition coefficient (Wildman–Crippen LogP) is -0.320. The fourth-order valence-electron chi connectivity index (χ4n) is 2.61. The third-order valence-corrected chi connectivity index (χ3v) is 4.07. The Morgan fingerprint density at radius 1 is 1.35 bits per heavy atom. The highest BCUT2D eigenvalue weighted by atomic mass is 16.2. The molecule has 0 aromatic carbocycles. The van der Waals surface area contributed by atoms with Crippen LogP contribution in [0, 0.1) is 12.3 Å². The van der Waals surface area contributed by atoms with Crippen LogP contribution in [0.4, 0.5) is 0 Å². The Labute approximate surface area is 136 Å². The van der Waals surface area contributed by atoms with E-state index in [-0.39, 0.29) is 18.4 Å². The molecule has 0 radical (unpaired) electrons. The van der Waals surface area contributed by atoms with Crippen LogP contribution in [0.2, 0.25) is 0 Å². The SMILES string of the molecule is C#CCN1CCN(C(=O)CN(C)C(=O)C(C)n2cccn2)CC1. The molecule has 1 atom stereocenters. The first-order valence-corrected chi connectivity index (χ1v) is 7.70. The molecule has 1 aliphatic heterocycles. The lowest BCUT2D eigenvalue weighted by Crippen LogP contribution is -2.51. The quantitative estimate of drug-likeness (QED) is 0.698. The molecule has 1 saturated heterocycles. The summed E-state index contributed by atoms with van der Waals surface area (Å²) in [7, 11) is 1.65. The second kappa shape index (κ2) is 7.79. The summed E-state index contributed by atoms with van der Waals surface area (Å²) in [5.74, 6) is 2.45. The largest absolute Gasteiger partial charge is 0.339 e. The van der Waals surface area contributed by atoms with E-state index in [9.17, 15) is 9.59 Å². The molecule has 0 N–H and O–H groups in total. The van der Waals surface area contributed by atoms with Crippen molar-refractivity contribution in [1.29, 1.82) is 0 Å². The number of amides is 2. The van der Waals surface area contributed by atoms with Gasteiger partial charge in [-0.05, 0) is 13.0 Å². The van der Waals surface area contributed by atoms with Gasteiger partial charge in [0.05, 0.1) is 13.1 Å². The molecule has 23 heavy (non-hydrogen) atoms. The lowest BCUT2D eigenvalue weighted by atomic mass is 10.2. The zero-order chi connectivity index (χ0) is 16.8. The molecule has 7 heteroatoms. The predicted molar refractivity (Wildman–Crippen MR) is 86.4 cm³/mol. The second-order valence-corrected chi connectivity index (χ2v) is 5.72. The maximum Gasteiger partial charge on any atom is 0.247 e. The van der Waals surface area contributed by atoms with Gasteiger partial charge in [-0.25, -0.2) is 0 Å². The monoisotopic (exact) mass is 317 g/mol. The molecule has 1 aromatic rings. The van der Waals surface area contributed by atoms with E-state index in [0.29, 0.717) is 19.6 Å². The summed E-state index contributed by atoms with van der Waals surface area (Å²) >= 11 is 0. The topological polar surface area (TPSA) is 61.7 Å². The van der Waals surface area contributed by atoms with Crippen LogP contribution in [0.15, 0.2) is 18.5 Å². The van der Waals surface area contributed by atoms with Crippen molar-refractivity contribution in [2.75, 3.05) is 46.3 Å². The fourth-order valence-corrected chi connectivity index (χ4v) is 2.61. The van der Waals surface area contributed by atoms with Gasteiger partial charge in [-0.15, -0.1) is 6.42 Å². The molecule has 1 aromatic heterocycles. The number of carbonyl (C=O) groups excluding carboxylic acids is 2. The molecule has 0 bridgehead atoms. The maximum absolute atomic E-state index is 12.4. The van der Waals surface area contributed by atoms with Gasteiger partial charge in [0.1, 0.15) is 6.04 Å². The molecule has 7 nitrogen and oxygen atoms in total. The van der Waals surface area contributed by atoms with Crippen LogP contribution in [0.3, 0.4) is 0 Å². The Hall–Kier alpha value is -2.33. The number of nitrogens with zero attached hydrogens (tertiary/aromatic N) is 5. The molecule has 0 spiro atoms. The first-order chi connectivity index (χ1) is 11.0. The summed E-state index contributed by atoms with van der Waals surface area (Å²) in [5.41, 5.74) is 0. The van der Waals surface area contributed by atoms with Gasteiger partial charge in [0.2, 0.25) is 11.8 Å². The van der Waals surface area contributed by atoms with Crippen molar-refractivity contribution in [3.05, 3.63) is 18.5 Å². The number of hydrogen-bond donors (Lipinski definition) is 0. The van der Waals surface area contributed by atoms with E-state index < -0.39 is 6.04 Å². The molecular formula is C16H23N5O2. The van der Waals surface area contributed by atoms with Crippen LogP contribution >= 0.6 is 0 Å². The Morgan fingerprint density at radius 3 is 2.61 bits per heavy atom. The van der Waals surface area contributed by atoms with E-state index in [1.165, 1.54) is 4.90 Å². The molecule has 2 heterocycles. The van der Waals surface area contributed by atoms with Crippen molar-refractivity contribution in [2.45, 2.75) is 13.0 Å². The second-order valence-electron chi connectivity index (χ2n) is 5.72. The number of hydrogen-bond acceptors (Lipinski definition) is 4. The number of terminal acetylenes is 1. The van der Waals surface area contributed by atoms with E-state index >= 15 is 0 Å². The number of likely N-dealkylation sites (N-methyl/N-ethyl adjacent to an activating group) is 1. The van der Waals surface area contributed by atoms with Crippen LogP contribution in [0.5, 0.6) is 0 Å². The Morgan fingerprint density at radius 2 is 2.04 bits per heavy atom. The van der Waals surface area contributed by atoms with E-state index in [1.807, 2.05) is 0 Å². The number of rotatable bonds is 5. The number of carbonyl (C=O) groups is 2. The van der Waals surface area contributed by atoms with Crippen LogP contribution in [-0.2, 0) is 9.59 Å². The highest BCUT2D eigenvalue weighted by molar-refractivity contribution is 5.86. The average molecular weight is 317 g/mol. The lowest BCUT2D eigenvalue weighted by molar-refractivity contribution is -0.142. The molecule has 1 aliphatic rings. The van der Waals surface area contributed by atoms with Gasteiger partial charge in [0, 0.05) is 45.6 Å². The van der Waals surface area contributed by atoms with Gasteiger partial charge in [-0.2, -0.15) is 5.10 Å².